The van der Waals surface area contributed by atoms with Crippen molar-refractivity contribution in [1.29, 1.82) is 0 Å². The molecule has 3 nitrogen and oxygen atoms in total. The van der Waals surface area contributed by atoms with Crippen molar-refractivity contribution in [2.75, 3.05) is 0 Å². The number of benzene rings is 1. The normalized spacial score (nSPS) is 12.8. The van der Waals surface area contributed by atoms with Crippen LogP contribution >= 0.6 is 0 Å². The van der Waals surface area contributed by atoms with Gasteiger partial charge in [-0.25, -0.2) is 4.98 Å². The average Bonchev–Trinajstić information content (AvgIpc) is 2.88. The number of aromatic nitrogens is 3. The highest BCUT2D eigenvalue weighted by atomic mass is 14.9. The van der Waals surface area contributed by atoms with E-state index in [0.717, 1.165) is 23.1 Å². The van der Waals surface area contributed by atoms with Gasteiger partial charge in [-0.15, -0.1) is 0 Å². The van der Waals surface area contributed by atoms with Gasteiger partial charge in [0.2, 0.25) is 0 Å². The molecule has 0 bridgehead atoms. The summed E-state index contributed by atoms with van der Waals surface area (Å²) < 4.78 is 0. The van der Waals surface area contributed by atoms with Crippen LogP contribution in [0.5, 0.6) is 0 Å². The summed E-state index contributed by atoms with van der Waals surface area (Å²) in [6, 6.07) is 8.44. The van der Waals surface area contributed by atoms with Crippen molar-refractivity contribution in [3.05, 3.63) is 47.9 Å². The molecule has 4 rings (SSSR count). The van der Waals surface area contributed by atoms with Crippen LogP contribution in [-0.4, -0.2) is 15.0 Å². The number of hydrogen-bond acceptors (Lipinski definition) is 2. The summed E-state index contributed by atoms with van der Waals surface area (Å²) in [4.78, 5) is 11.9. The smallest absolute Gasteiger partial charge is 0.0931 e. The van der Waals surface area contributed by atoms with Gasteiger partial charge in [0.15, 0.2) is 0 Å². The van der Waals surface area contributed by atoms with Crippen molar-refractivity contribution >= 4 is 11.0 Å². The molecule has 0 saturated heterocycles. The molecule has 0 saturated carbocycles. The Morgan fingerprint density at radius 2 is 2.12 bits per heavy atom. The first-order valence-electron chi connectivity index (χ1n) is 5.32. The number of fused-ring (bicyclic) bond motifs is 4. The van der Waals surface area contributed by atoms with Crippen molar-refractivity contribution in [1.82, 2.24) is 15.0 Å². The second kappa shape index (κ2) is 2.70. The number of rotatable bonds is 0. The summed E-state index contributed by atoms with van der Waals surface area (Å²) in [7, 11) is 0. The Hall–Kier alpha value is -2.16. The number of nitrogens with one attached hydrogen (secondary N) is 1. The van der Waals surface area contributed by atoms with Crippen LogP contribution in [0.2, 0.25) is 0 Å². The van der Waals surface area contributed by atoms with Gasteiger partial charge in [0, 0.05) is 18.2 Å². The predicted molar refractivity (Wildman–Crippen MR) is 62.1 cm³/mol. The number of aromatic amines is 1. The van der Waals surface area contributed by atoms with Crippen LogP contribution in [-0.2, 0) is 6.42 Å². The highest BCUT2D eigenvalue weighted by Crippen LogP contribution is 2.36. The first kappa shape index (κ1) is 8.05. The van der Waals surface area contributed by atoms with E-state index in [0.29, 0.717) is 0 Å². The molecule has 76 valence electrons. The molecule has 1 aromatic carbocycles. The molecule has 0 spiro atoms. The van der Waals surface area contributed by atoms with E-state index in [9.17, 15) is 0 Å². The van der Waals surface area contributed by atoms with Gasteiger partial charge in [0.05, 0.1) is 23.1 Å². The topological polar surface area (TPSA) is 41.6 Å². The summed E-state index contributed by atoms with van der Waals surface area (Å²) in [6.45, 7) is 0. The molecule has 3 heteroatoms. The molecule has 2 heterocycles. The lowest BCUT2D eigenvalue weighted by molar-refractivity contribution is 1.23. The molecule has 0 amide bonds. The molecular weight excluding hydrogens is 198 g/mol. The third-order valence-electron chi connectivity index (χ3n) is 3.17. The fraction of sp³-hybridized carbons (Fsp3) is 0.0769. The monoisotopic (exact) mass is 207 g/mol. The van der Waals surface area contributed by atoms with E-state index in [2.05, 4.69) is 33.2 Å². The number of H-pyrrole nitrogens is 1. The van der Waals surface area contributed by atoms with E-state index >= 15 is 0 Å². The minimum Gasteiger partial charge on any atom is -0.345 e. The molecule has 0 radical (unpaired) electrons. The third kappa shape index (κ3) is 0.922. The first-order valence-corrected chi connectivity index (χ1v) is 5.32. The van der Waals surface area contributed by atoms with Gasteiger partial charge in [-0.3, -0.25) is 4.98 Å². The Labute approximate surface area is 92.2 Å². The predicted octanol–water partition coefficient (Wildman–Crippen LogP) is 2.53. The number of pyridine rings is 1. The zero-order valence-electron chi connectivity index (χ0n) is 8.57. The van der Waals surface area contributed by atoms with Crippen molar-refractivity contribution < 1.29 is 0 Å². The lowest BCUT2D eigenvalue weighted by Crippen LogP contribution is -1.81. The van der Waals surface area contributed by atoms with E-state index in [1.165, 1.54) is 16.7 Å². The summed E-state index contributed by atoms with van der Waals surface area (Å²) in [6.07, 6.45) is 4.56. The molecule has 1 N–H and O–H groups in total. The minimum absolute atomic E-state index is 0.980. The summed E-state index contributed by atoms with van der Waals surface area (Å²) in [5, 5.41) is 0. The quantitative estimate of drug-likeness (QED) is 0.481. The van der Waals surface area contributed by atoms with Gasteiger partial charge < -0.3 is 4.98 Å². The van der Waals surface area contributed by atoms with Crippen LogP contribution in [0.25, 0.3) is 22.3 Å². The summed E-state index contributed by atoms with van der Waals surface area (Å²) >= 11 is 0. The number of hydrogen-bond donors (Lipinski definition) is 1. The van der Waals surface area contributed by atoms with Crippen LogP contribution in [0.3, 0.4) is 0 Å². The fourth-order valence-electron chi connectivity index (χ4n) is 2.42. The molecule has 16 heavy (non-hydrogen) atoms. The highest BCUT2D eigenvalue weighted by Gasteiger charge is 2.20. The molecule has 2 aromatic heterocycles. The Bertz CT molecular complexity index is 697. The maximum atomic E-state index is 4.45. The Morgan fingerprint density at radius 1 is 1.12 bits per heavy atom. The minimum atomic E-state index is 0.980. The van der Waals surface area contributed by atoms with Gasteiger partial charge in [-0.2, -0.15) is 0 Å². The van der Waals surface area contributed by atoms with Gasteiger partial charge in [-0.05, 0) is 29.3 Å². The molecule has 0 aliphatic heterocycles. The maximum absolute atomic E-state index is 4.45. The first-order chi connectivity index (χ1) is 7.92. The molecular formula is C13H9N3. The maximum Gasteiger partial charge on any atom is 0.0931 e. The van der Waals surface area contributed by atoms with Crippen LogP contribution < -0.4 is 0 Å². The van der Waals surface area contributed by atoms with Crippen molar-refractivity contribution in [2.24, 2.45) is 0 Å². The van der Waals surface area contributed by atoms with E-state index in [-0.39, 0.29) is 0 Å². The van der Waals surface area contributed by atoms with Crippen molar-refractivity contribution in [3.63, 3.8) is 0 Å². The second-order valence-electron chi connectivity index (χ2n) is 4.12. The van der Waals surface area contributed by atoms with E-state index in [1.807, 2.05) is 12.3 Å². The second-order valence-corrected chi connectivity index (χ2v) is 4.12. The van der Waals surface area contributed by atoms with Crippen LogP contribution in [0.1, 0.15) is 11.1 Å². The highest BCUT2D eigenvalue weighted by molar-refractivity contribution is 5.86. The standard InChI is InChI=1S/C13H9N3/c1-2-8-4-9-5-11-12(16-7-15-11)6-10(9)13(8)14-3-1/h1-3,5-7H,4H2,(H,15,16). The Balaban J connectivity index is 2.09. The van der Waals surface area contributed by atoms with Crippen LogP contribution in [0.15, 0.2) is 36.8 Å². The van der Waals surface area contributed by atoms with E-state index in [4.69, 9.17) is 0 Å². The Kier molecular flexibility index (Phi) is 1.36. The molecule has 1 aliphatic rings. The largest absolute Gasteiger partial charge is 0.345 e. The summed E-state index contributed by atoms with van der Waals surface area (Å²) in [5.41, 5.74) is 7.11. The lowest BCUT2D eigenvalue weighted by atomic mass is 10.1. The van der Waals surface area contributed by atoms with E-state index in [1.54, 1.807) is 6.33 Å². The van der Waals surface area contributed by atoms with Crippen molar-refractivity contribution in [3.8, 4) is 11.3 Å². The lowest BCUT2D eigenvalue weighted by Gasteiger charge is -1.99. The van der Waals surface area contributed by atoms with E-state index < -0.39 is 0 Å². The van der Waals surface area contributed by atoms with Gasteiger partial charge in [-0.1, -0.05) is 6.07 Å². The van der Waals surface area contributed by atoms with Gasteiger partial charge in [0.25, 0.3) is 0 Å². The SMILES string of the molecule is c1cnc2c(c1)Cc1cc3[nH]cnc3cc1-2. The van der Waals surface area contributed by atoms with Gasteiger partial charge >= 0.3 is 0 Å². The van der Waals surface area contributed by atoms with Gasteiger partial charge in [0.1, 0.15) is 0 Å². The molecule has 3 aromatic rings. The van der Waals surface area contributed by atoms with Crippen LogP contribution in [0.4, 0.5) is 0 Å². The third-order valence-corrected chi connectivity index (χ3v) is 3.17. The Morgan fingerprint density at radius 3 is 3.12 bits per heavy atom. The summed E-state index contributed by atoms with van der Waals surface area (Å²) in [5.74, 6) is 0. The zero-order chi connectivity index (χ0) is 10.5. The number of nitrogens with zero attached hydrogens (tertiary/aromatic N) is 2. The van der Waals surface area contributed by atoms with Crippen LogP contribution in [0, 0.1) is 0 Å². The molecule has 1 aliphatic carbocycles. The number of imidazole rings is 1. The average molecular weight is 207 g/mol. The van der Waals surface area contributed by atoms with Crippen molar-refractivity contribution in [2.45, 2.75) is 6.42 Å². The molecule has 0 atom stereocenters. The molecule has 0 fully saturated rings. The zero-order valence-corrected chi connectivity index (χ0v) is 8.57. The molecule has 0 unspecified atom stereocenters. The fourth-order valence-corrected chi connectivity index (χ4v) is 2.42.